The smallest absolute Gasteiger partial charge is 0.278 e. The largest absolute Gasteiger partial charge is 0.349 e. The average Bonchev–Trinajstić information content (AvgIpc) is 2.43. The van der Waals surface area contributed by atoms with Gasteiger partial charge in [0.05, 0.1) is 6.20 Å². The highest BCUT2D eigenvalue weighted by atomic mass is 35.5. The topological polar surface area (TPSA) is 60.7 Å². The summed E-state index contributed by atoms with van der Waals surface area (Å²) in [6.45, 7) is 0. The van der Waals surface area contributed by atoms with E-state index in [9.17, 15) is 4.79 Å². The van der Waals surface area contributed by atoms with Gasteiger partial charge in [0.25, 0.3) is 0 Å². The summed E-state index contributed by atoms with van der Waals surface area (Å²) in [5, 5.41) is 0.269. The van der Waals surface area contributed by atoms with Crippen LogP contribution in [0.1, 0.15) is 0 Å². The van der Waals surface area contributed by atoms with Crippen molar-refractivity contribution >= 4 is 22.8 Å². The molecule has 3 rings (SSSR count). The average molecular weight is 273 g/mol. The summed E-state index contributed by atoms with van der Waals surface area (Å²) in [6, 6.07) is 9.37. The van der Waals surface area contributed by atoms with Crippen LogP contribution in [0.15, 0.2) is 41.3 Å². The third-order valence-corrected chi connectivity index (χ3v) is 2.99. The zero-order chi connectivity index (χ0) is 13.4. The van der Waals surface area contributed by atoms with E-state index in [-0.39, 0.29) is 10.8 Å². The number of halogens is 1. The number of hydrogen-bond acceptors (Lipinski definition) is 4. The number of benzene rings is 1. The Balaban J connectivity index is 2.45. The Hall–Kier alpha value is -2.27. The van der Waals surface area contributed by atoms with Gasteiger partial charge in [0.2, 0.25) is 0 Å². The van der Waals surface area contributed by atoms with Crippen LogP contribution in [0.25, 0.3) is 22.4 Å². The van der Waals surface area contributed by atoms with Gasteiger partial charge in [0, 0.05) is 12.6 Å². The molecule has 0 fully saturated rings. The van der Waals surface area contributed by atoms with Gasteiger partial charge >= 0.3 is 5.69 Å². The first-order valence-electron chi connectivity index (χ1n) is 5.61. The number of aryl methyl sites for hydroxylation is 1. The highest BCUT2D eigenvalue weighted by Gasteiger charge is 2.12. The van der Waals surface area contributed by atoms with Gasteiger partial charge in [-0.2, -0.15) is 4.98 Å². The van der Waals surface area contributed by atoms with E-state index in [1.165, 1.54) is 10.8 Å². The number of rotatable bonds is 1. The molecule has 5 nitrogen and oxygen atoms in total. The summed E-state index contributed by atoms with van der Waals surface area (Å²) >= 11 is 5.88. The van der Waals surface area contributed by atoms with Crippen molar-refractivity contribution in [2.45, 2.75) is 0 Å². The first kappa shape index (κ1) is 11.8. The fraction of sp³-hybridized carbons (Fsp3) is 0.0769. The molecular formula is C13H9ClN4O. The van der Waals surface area contributed by atoms with Crippen molar-refractivity contribution in [1.82, 2.24) is 19.5 Å². The van der Waals surface area contributed by atoms with Crippen molar-refractivity contribution in [2.24, 2.45) is 7.05 Å². The van der Waals surface area contributed by atoms with E-state index in [4.69, 9.17) is 11.6 Å². The third kappa shape index (κ3) is 1.98. The molecule has 6 heteroatoms. The highest BCUT2D eigenvalue weighted by Crippen LogP contribution is 2.23. The first-order valence-corrected chi connectivity index (χ1v) is 5.99. The summed E-state index contributed by atoms with van der Waals surface area (Å²) < 4.78 is 1.35. The van der Waals surface area contributed by atoms with Crippen LogP contribution in [-0.2, 0) is 7.05 Å². The molecule has 0 saturated carbocycles. The van der Waals surface area contributed by atoms with Gasteiger partial charge in [0.1, 0.15) is 16.4 Å². The van der Waals surface area contributed by atoms with Gasteiger partial charge in [-0.15, -0.1) is 0 Å². The van der Waals surface area contributed by atoms with E-state index in [2.05, 4.69) is 15.0 Å². The first-order chi connectivity index (χ1) is 9.16. The zero-order valence-corrected chi connectivity index (χ0v) is 10.8. The van der Waals surface area contributed by atoms with Gasteiger partial charge < -0.3 is 0 Å². The molecule has 2 aromatic heterocycles. The maximum atomic E-state index is 11.9. The molecule has 0 saturated heterocycles. The van der Waals surface area contributed by atoms with E-state index in [1.807, 2.05) is 30.3 Å². The molecule has 0 aliphatic carbocycles. The van der Waals surface area contributed by atoms with Crippen LogP contribution in [0, 0.1) is 0 Å². The quantitative estimate of drug-likeness (QED) is 0.680. The molecule has 94 valence electrons. The Labute approximate surface area is 113 Å². The van der Waals surface area contributed by atoms with E-state index < -0.39 is 0 Å². The van der Waals surface area contributed by atoms with E-state index in [0.29, 0.717) is 16.9 Å². The van der Waals surface area contributed by atoms with Crippen molar-refractivity contribution in [3.05, 3.63) is 52.2 Å². The lowest BCUT2D eigenvalue weighted by Gasteiger charge is -2.07. The van der Waals surface area contributed by atoms with Crippen LogP contribution < -0.4 is 5.69 Å². The molecule has 0 atom stereocenters. The van der Waals surface area contributed by atoms with Gasteiger partial charge in [-0.1, -0.05) is 41.9 Å². The summed E-state index contributed by atoms with van der Waals surface area (Å²) in [5.74, 6) is 0. The molecule has 3 aromatic rings. The Kier molecular flexibility index (Phi) is 2.76. The predicted molar refractivity (Wildman–Crippen MR) is 73.0 cm³/mol. The minimum atomic E-state index is -0.372. The lowest BCUT2D eigenvalue weighted by molar-refractivity contribution is 0.836. The van der Waals surface area contributed by atoms with Gasteiger partial charge in [0.15, 0.2) is 5.65 Å². The van der Waals surface area contributed by atoms with Crippen molar-refractivity contribution in [1.29, 1.82) is 0 Å². The molecule has 0 aliphatic rings. The standard InChI is InChI=1S/C13H9ClN4O/c1-18-12-11(16-9(14)7-15-12)10(17-13(18)19)8-5-3-2-4-6-8/h2-7H,1H3. The third-order valence-electron chi connectivity index (χ3n) is 2.81. The van der Waals surface area contributed by atoms with E-state index in [0.717, 1.165) is 5.56 Å². The second-order valence-corrected chi connectivity index (χ2v) is 4.42. The molecule has 0 amide bonds. The molecule has 2 heterocycles. The monoisotopic (exact) mass is 272 g/mol. The molecule has 0 radical (unpaired) electrons. The number of aromatic nitrogens is 4. The van der Waals surface area contributed by atoms with Gasteiger partial charge in [-0.05, 0) is 0 Å². The lowest BCUT2D eigenvalue weighted by Crippen LogP contribution is -2.22. The normalized spacial score (nSPS) is 10.8. The lowest BCUT2D eigenvalue weighted by atomic mass is 10.1. The van der Waals surface area contributed by atoms with Gasteiger partial charge in [-0.3, -0.25) is 4.57 Å². The molecule has 0 aliphatic heterocycles. The van der Waals surface area contributed by atoms with Crippen molar-refractivity contribution in [2.75, 3.05) is 0 Å². The SMILES string of the molecule is Cn1c(=O)nc(-c2ccccc2)c2nc(Cl)cnc21. The Morgan fingerprint density at radius 2 is 1.89 bits per heavy atom. The molecule has 0 unspecified atom stereocenters. The molecule has 0 N–H and O–H groups in total. The highest BCUT2D eigenvalue weighted by molar-refractivity contribution is 6.29. The fourth-order valence-electron chi connectivity index (χ4n) is 1.88. The second kappa shape index (κ2) is 4.44. The zero-order valence-electron chi connectivity index (χ0n) is 10.0. The number of hydrogen-bond donors (Lipinski definition) is 0. The minimum Gasteiger partial charge on any atom is -0.278 e. The Morgan fingerprint density at radius 1 is 1.16 bits per heavy atom. The maximum absolute atomic E-state index is 11.9. The van der Waals surface area contributed by atoms with Gasteiger partial charge in [-0.25, -0.2) is 14.8 Å². The summed E-state index contributed by atoms with van der Waals surface area (Å²) in [4.78, 5) is 24.3. The minimum absolute atomic E-state index is 0.269. The van der Waals surface area contributed by atoms with Crippen LogP contribution in [0.2, 0.25) is 5.15 Å². The predicted octanol–water partition coefficient (Wildman–Crippen LogP) is 2.04. The number of nitrogens with zero attached hydrogens (tertiary/aromatic N) is 4. The van der Waals surface area contributed by atoms with Crippen LogP contribution in [0.3, 0.4) is 0 Å². The van der Waals surface area contributed by atoms with Crippen LogP contribution >= 0.6 is 11.6 Å². The van der Waals surface area contributed by atoms with E-state index >= 15 is 0 Å². The Bertz CT molecular complexity index is 814. The maximum Gasteiger partial charge on any atom is 0.349 e. The second-order valence-electron chi connectivity index (χ2n) is 4.03. The molecule has 19 heavy (non-hydrogen) atoms. The van der Waals surface area contributed by atoms with Crippen molar-refractivity contribution in [3.8, 4) is 11.3 Å². The van der Waals surface area contributed by atoms with E-state index in [1.54, 1.807) is 7.05 Å². The molecule has 0 bridgehead atoms. The molecular weight excluding hydrogens is 264 g/mol. The fourth-order valence-corrected chi connectivity index (χ4v) is 2.01. The summed E-state index contributed by atoms with van der Waals surface area (Å²) in [7, 11) is 1.61. The molecule has 0 spiro atoms. The van der Waals surface area contributed by atoms with Crippen LogP contribution in [0.4, 0.5) is 0 Å². The van der Waals surface area contributed by atoms with Crippen molar-refractivity contribution < 1.29 is 0 Å². The summed E-state index contributed by atoms with van der Waals surface area (Å²) in [5.41, 5.74) is 1.91. The van der Waals surface area contributed by atoms with Crippen LogP contribution in [-0.4, -0.2) is 19.5 Å². The number of fused-ring (bicyclic) bond motifs is 1. The van der Waals surface area contributed by atoms with Crippen molar-refractivity contribution in [3.63, 3.8) is 0 Å². The summed E-state index contributed by atoms with van der Waals surface area (Å²) in [6.07, 6.45) is 1.41. The van der Waals surface area contributed by atoms with Crippen LogP contribution in [0.5, 0.6) is 0 Å². The molecule has 1 aromatic carbocycles. The Morgan fingerprint density at radius 3 is 2.63 bits per heavy atom.